The Kier molecular flexibility index (Phi) is 12.9. The second kappa shape index (κ2) is 14.6. The Labute approximate surface area is 171 Å². The van der Waals surface area contributed by atoms with Gasteiger partial charge in [0, 0.05) is 18.8 Å². The number of Topliss-reactive ketones (excluding diaryl/α,β-unsaturated/α-hetero) is 1. The maximum atomic E-state index is 12.3. The van der Waals surface area contributed by atoms with E-state index in [0.29, 0.717) is 31.1 Å². The molecule has 1 saturated carbocycles. The first-order chi connectivity index (χ1) is 13.5. The molecule has 0 bridgehead atoms. The summed E-state index contributed by atoms with van der Waals surface area (Å²) < 4.78 is 5.12. The average molecular weight is 393 g/mol. The molecule has 28 heavy (non-hydrogen) atoms. The van der Waals surface area contributed by atoms with Crippen LogP contribution in [-0.4, -0.2) is 29.6 Å². The van der Waals surface area contributed by atoms with Gasteiger partial charge in [0.2, 0.25) is 0 Å². The zero-order chi connectivity index (χ0) is 20.8. The molecule has 0 aromatic rings. The lowest BCUT2D eigenvalue weighted by atomic mass is 9.86. The summed E-state index contributed by atoms with van der Waals surface area (Å²) in [4.78, 5) is 24.1. The minimum atomic E-state index is -0.559. The monoisotopic (exact) mass is 392 g/mol. The van der Waals surface area contributed by atoms with Crippen LogP contribution in [-0.2, 0) is 14.3 Å². The number of esters is 1. The van der Waals surface area contributed by atoms with Gasteiger partial charge in [0.1, 0.15) is 11.9 Å². The van der Waals surface area contributed by atoms with Crippen LogP contribution in [0.25, 0.3) is 0 Å². The van der Waals surface area contributed by atoms with E-state index < -0.39 is 6.10 Å². The van der Waals surface area contributed by atoms with E-state index in [1.807, 2.05) is 13.8 Å². The summed E-state index contributed by atoms with van der Waals surface area (Å²) >= 11 is 0. The van der Waals surface area contributed by atoms with Gasteiger partial charge in [0.25, 0.3) is 0 Å². The Morgan fingerprint density at radius 3 is 2.64 bits per heavy atom. The normalized spacial score (nSPS) is 21.1. The summed E-state index contributed by atoms with van der Waals surface area (Å²) in [6.45, 7) is 6.40. The van der Waals surface area contributed by atoms with E-state index in [1.165, 1.54) is 0 Å². The maximum Gasteiger partial charge on any atom is 0.308 e. The Morgan fingerprint density at radius 2 is 1.96 bits per heavy atom. The van der Waals surface area contributed by atoms with Gasteiger partial charge in [-0.15, -0.1) is 5.92 Å². The predicted octanol–water partition coefficient (Wildman–Crippen LogP) is 5.07. The van der Waals surface area contributed by atoms with Crippen LogP contribution in [0.15, 0.2) is 0 Å². The van der Waals surface area contributed by atoms with Crippen molar-refractivity contribution in [3.8, 4) is 11.8 Å². The maximum absolute atomic E-state index is 12.3. The first kappa shape index (κ1) is 24.7. The van der Waals surface area contributed by atoms with Crippen molar-refractivity contribution in [2.45, 2.75) is 104 Å². The molecule has 4 atom stereocenters. The highest BCUT2D eigenvalue weighted by Gasteiger charge is 2.33. The molecule has 0 saturated heterocycles. The molecular formula is C24H40O4. The zero-order valence-corrected chi connectivity index (χ0v) is 18.2. The smallest absolute Gasteiger partial charge is 0.308 e. The summed E-state index contributed by atoms with van der Waals surface area (Å²) in [7, 11) is 0. The fourth-order valence-electron chi connectivity index (χ4n) is 4.16. The van der Waals surface area contributed by atoms with E-state index in [9.17, 15) is 14.7 Å². The van der Waals surface area contributed by atoms with Crippen LogP contribution in [0.2, 0.25) is 0 Å². The zero-order valence-electron chi connectivity index (χ0n) is 18.2. The topological polar surface area (TPSA) is 63.6 Å². The molecule has 4 nitrogen and oxygen atoms in total. The number of unbranched alkanes of at least 4 members (excludes halogenated alkanes) is 3. The fourth-order valence-corrected chi connectivity index (χ4v) is 4.16. The predicted molar refractivity (Wildman–Crippen MR) is 113 cm³/mol. The second-order valence-electron chi connectivity index (χ2n) is 8.03. The van der Waals surface area contributed by atoms with Crippen LogP contribution >= 0.6 is 0 Å². The van der Waals surface area contributed by atoms with Gasteiger partial charge in [-0.1, -0.05) is 39.0 Å². The third kappa shape index (κ3) is 9.24. The second-order valence-corrected chi connectivity index (χ2v) is 8.03. The molecule has 0 amide bonds. The first-order valence-corrected chi connectivity index (χ1v) is 11.4. The van der Waals surface area contributed by atoms with Crippen molar-refractivity contribution in [2.24, 2.45) is 17.8 Å². The SMILES string of the molecule is CCCC#CC(O)CC[C@H]1CCC(=O)[C@@H]1CCCCCC(CC)C(=O)OCC. The molecule has 0 heterocycles. The van der Waals surface area contributed by atoms with Crippen molar-refractivity contribution in [1.82, 2.24) is 0 Å². The Bertz CT molecular complexity index is 516. The lowest BCUT2D eigenvalue weighted by Crippen LogP contribution is -2.18. The van der Waals surface area contributed by atoms with Gasteiger partial charge in [-0.25, -0.2) is 0 Å². The average Bonchev–Trinajstić information content (AvgIpc) is 3.03. The summed E-state index contributed by atoms with van der Waals surface area (Å²) in [5.74, 6) is 6.81. The van der Waals surface area contributed by atoms with Gasteiger partial charge < -0.3 is 9.84 Å². The highest BCUT2D eigenvalue weighted by Crippen LogP contribution is 2.36. The standard InChI is InChI=1S/C24H40O4/c1-4-7-9-13-21(25)17-15-20-16-18-23(26)22(20)14-11-8-10-12-19(5-2)24(27)28-6-3/h19-22,25H,4-8,10-12,14-18H2,1-3H3/t19?,20-,21?,22+/m0/s1. The number of carbonyl (C=O) groups is 2. The minimum absolute atomic E-state index is 0.0103. The highest BCUT2D eigenvalue weighted by atomic mass is 16.5. The summed E-state index contributed by atoms with van der Waals surface area (Å²) in [5.41, 5.74) is 0. The number of ether oxygens (including phenoxy) is 1. The van der Waals surface area contributed by atoms with Crippen molar-refractivity contribution in [1.29, 1.82) is 0 Å². The third-order valence-corrected chi connectivity index (χ3v) is 5.88. The number of ketones is 1. The Balaban J connectivity index is 2.30. The summed E-state index contributed by atoms with van der Waals surface area (Å²) in [6.07, 6.45) is 10.2. The van der Waals surface area contributed by atoms with E-state index in [1.54, 1.807) is 0 Å². The van der Waals surface area contributed by atoms with E-state index in [2.05, 4.69) is 18.8 Å². The highest BCUT2D eigenvalue weighted by molar-refractivity contribution is 5.83. The Hall–Kier alpha value is -1.34. The number of carbonyl (C=O) groups excluding carboxylic acids is 2. The lowest BCUT2D eigenvalue weighted by molar-refractivity contribution is -0.148. The molecule has 1 aliphatic carbocycles. The van der Waals surface area contributed by atoms with Crippen molar-refractivity contribution >= 4 is 11.8 Å². The van der Waals surface area contributed by atoms with Crippen LogP contribution in [0.1, 0.15) is 97.8 Å². The van der Waals surface area contributed by atoms with Crippen LogP contribution in [0.3, 0.4) is 0 Å². The number of hydrogen-bond acceptors (Lipinski definition) is 4. The molecule has 0 aromatic heterocycles. The molecule has 1 rings (SSSR count). The summed E-state index contributed by atoms with van der Waals surface area (Å²) in [6, 6.07) is 0. The van der Waals surface area contributed by atoms with Crippen LogP contribution < -0.4 is 0 Å². The van der Waals surface area contributed by atoms with Gasteiger partial charge in [0.05, 0.1) is 12.5 Å². The molecule has 4 heteroatoms. The van der Waals surface area contributed by atoms with Gasteiger partial charge in [-0.3, -0.25) is 9.59 Å². The molecular weight excluding hydrogens is 352 g/mol. The van der Waals surface area contributed by atoms with Crippen molar-refractivity contribution in [3.63, 3.8) is 0 Å². The quantitative estimate of drug-likeness (QED) is 0.270. The van der Waals surface area contributed by atoms with Crippen LogP contribution in [0, 0.1) is 29.6 Å². The number of aliphatic hydroxyl groups excluding tert-OH is 1. The third-order valence-electron chi connectivity index (χ3n) is 5.88. The first-order valence-electron chi connectivity index (χ1n) is 11.4. The fraction of sp³-hybridized carbons (Fsp3) is 0.833. The van der Waals surface area contributed by atoms with Crippen molar-refractivity contribution in [3.05, 3.63) is 0 Å². The van der Waals surface area contributed by atoms with Gasteiger partial charge in [-0.05, 0) is 57.8 Å². The molecule has 2 unspecified atom stereocenters. The van der Waals surface area contributed by atoms with E-state index in [4.69, 9.17) is 4.74 Å². The van der Waals surface area contributed by atoms with Crippen LogP contribution in [0.4, 0.5) is 0 Å². The van der Waals surface area contributed by atoms with E-state index >= 15 is 0 Å². The molecule has 1 aliphatic rings. The van der Waals surface area contributed by atoms with Gasteiger partial charge >= 0.3 is 5.97 Å². The molecule has 0 aromatic carbocycles. The Morgan fingerprint density at radius 1 is 1.18 bits per heavy atom. The summed E-state index contributed by atoms with van der Waals surface area (Å²) in [5, 5.41) is 10.00. The number of hydrogen-bond donors (Lipinski definition) is 1. The number of rotatable bonds is 13. The van der Waals surface area contributed by atoms with Crippen molar-refractivity contribution in [2.75, 3.05) is 6.61 Å². The molecule has 0 aliphatic heterocycles. The molecule has 1 N–H and O–H groups in total. The van der Waals surface area contributed by atoms with Crippen LogP contribution in [0.5, 0.6) is 0 Å². The molecule has 0 radical (unpaired) electrons. The lowest BCUT2D eigenvalue weighted by Gasteiger charge is -2.19. The molecule has 160 valence electrons. The largest absolute Gasteiger partial charge is 0.466 e. The van der Waals surface area contributed by atoms with E-state index in [0.717, 1.165) is 64.2 Å². The van der Waals surface area contributed by atoms with Gasteiger partial charge in [0.15, 0.2) is 0 Å². The molecule has 1 fully saturated rings. The number of aliphatic hydroxyl groups is 1. The minimum Gasteiger partial charge on any atom is -0.466 e. The molecule has 0 spiro atoms. The van der Waals surface area contributed by atoms with Gasteiger partial charge in [-0.2, -0.15) is 0 Å². The van der Waals surface area contributed by atoms with E-state index in [-0.39, 0.29) is 17.8 Å². The van der Waals surface area contributed by atoms with Crippen molar-refractivity contribution < 1.29 is 19.4 Å².